The van der Waals surface area contributed by atoms with E-state index in [-0.39, 0.29) is 12.2 Å². The van der Waals surface area contributed by atoms with Crippen LogP contribution in [0.15, 0.2) is 0 Å². The summed E-state index contributed by atoms with van der Waals surface area (Å²) < 4.78 is 15.7. The Morgan fingerprint density at radius 1 is 1.36 bits per heavy atom. The van der Waals surface area contributed by atoms with Crippen LogP contribution in [0.5, 0.6) is 0 Å². The maximum absolute atomic E-state index is 9.20. The molecule has 2 aliphatic rings. The molecule has 2 heterocycles. The van der Waals surface area contributed by atoms with E-state index >= 15 is 0 Å². The molecule has 64 valence electrons. The molecule has 0 spiro atoms. The Morgan fingerprint density at radius 2 is 2.09 bits per heavy atom. The fourth-order valence-corrected chi connectivity index (χ4v) is 1.52. The minimum atomic E-state index is -0.818. The standard InChI is InChI=1S/C7H12O4/c1-7(2)10-4-3-9-6(8)5(4)11-7/h4-6,8H,3H2,1-2H3/t4-,5+,6-/m0/s1. The largest absolute Gasteiger partial charge is 0.366 e. The summed E-state index contributed by atoms with van der Waals surface area (Å²) in [6, 6.07) is 0. The highest BCUT2D eigenvalue weighted by atomic mass is 16.8. The van der Waals surface area contributed by atoms with Crippen molar-refractivity contribution in [2.75, 3.05) is 6.61 Å². The number of fused-ring (bicyclic) bond motifs is 1. The first-order valence-corrected chi connectivity index (χ1v) is 3.74. The number of aliphatic hydroxyl groups excluding tert-OH is 1. The van der Waals surface area contributed by atoms with E-state index in [4.69, 9.17) is 14.2 Å². The summed E-state index contributed by atoms with van der Waals surface area (Å²) in [5.41, 5.74) is 0. The second-order valence-electron chi connectivity index (χ2n) is 3.36. The fraction of sp³-hybridized carbons (Fsp3) is 1.00. The summed E-state index contributed by atoms with van der Waals surface area (Å²) in [7, 11) is 0. The van der Waals surface area contributed by atoms with E-state index in [1.54, 1.807) is 0 Å². The molecule has 0 radical (unpaired) electrons. The van der Waals surface area contributed by atoms with Gasteiger partial charge in [-0.15, -0.1) is 0 Å². The van der Waals surface area contributed by atoms with Crippen molar-refractivity contribution in [2.24, 2.45) is 0 Å². The number of aliphatic hydroxyl groups is 1. The number of rotatable bonds is 0. The molecule has 2 aliphatic heterocycles. The molecule has 0 aliphatic carbocycles. The molecule has 4 heteroatoms. The zero-order valence-corrected chi connectivity index (χ0v) is 6.61. The van der Waals surface area contributed by atoms with Gasteiger partial charge in [-0.2, -0.15) is 0 Å². The van der Waals surface area contributed by atoms with E-state index < -0.39 is 12.1 Å². The lowest BCUT2D eigenvalue weighted by Crippen LogP contribution is -2.29. The molecule has 0 bridgehead atoms. The molecular formula is C7H12O4. The Balaban J connectivity index is 2.10. The number of hydrogen-bond donors (Lipinski definition) is 1. The van der Waals surface area contributed by atoms with Crippen molar-refractivity contribution in [2.45, 2.75) is 38.1 Å². The average Bonchev–Trinajstić information content (AvgIpc) is 2.31. The van der Waals surface area contributed by atoms with Crippen molar-refractivity contribution < 1.29 is 19.3 Å². The van der Waals surface area contributed by atoms with Crippen molar-refractivity contribution in [1.29, 1.82) is 0 Å². The highest BCUT2D eigenvalue weighted by Crippen LogP contribution is 2.33. The lowest BCUT2D eigenvalue weighted by Gasteiger charge is -2.19. The molecule has 1 N–H and O–H groups in total. The zero-order chi connectivity index (χ0) is 8.06. The van der Waals surface area contributed by atoms with E-state index in [0.29, 0.717) is 6.61 Å². The maximum Gasteiger partial charge on any atom is 0.184 e. The van der Waals surface area contributed by atoms with E-state index in [1.165, 1.54) is 0 Å². The highest BCUT2D eigenvalue weighted by molar-refractivity contribution is 4.87. The van der Waals surface area contributed by atoms with E-state index in [0.717, 1.165) is 0 Å². The topological polar surface area (TPSA) is 47.9 Å². The number of ether oxygens (including phenoxy) is 3. The van der Waals surface area contributed by atoms with Gasteiger partial charge in [0, 0.05) is 0 Å². The molecule has 11 heavy (non-hydrogen) atoms. The summed E-state index contributed by atoms with van der Waals surface area (Å²) >= 11 is 0. The third kappa shape index (κ3) is 1.16. The van der Waals surface area contributed by atoms with Gasteiger partial charge in [0.1, 0.15) is 12.2 Å². The van der Waals surface area contributed by atoms with Crippen LogP contribution in [-0.4, -0.2) is 36.0 Å². The van der Waals surface area contributed by atoms with E-state index in [9.17, 15) is 5.11 Å². The molecule has 0 aromatic heterocycles. The van der Waals surface area contributed by atoms with Crippen molar-refractivity contribution >= 4 is 0 Å². The lowest BCUT2D eigenvalue weighted by atomic mass is 10.2. The Morgan fingerprint density at radius 3 is 2.73 bits per heavy atom. The molecule has 0 saturated carbocycles. The molecule has 4 nitrogen and oxygen atoms in total. The summed E-state index contributed by atoms with van der Waals surface area (Å²) in [5.74, 6) is -0.569. The van der Waals surface area contributed by atoms with Gasteiger partial charge < -0.3 is 19.3 Å². The van der Waals surface area contributed by atoms with Gasteiger partial charge in [-0.25, -0.2) is 0 Å². The van der Waals surface area contributed by atoms with Gasteiger partial charge >= 0.3 is 0 Å². The third-order valence-corrected chi connectivity index (χ3v) is 1.93. The SMILES string of the molecule is CC1(C)O[C@@H]2[C@H](CO[C@@H]2O)O1. The molecule has 0 unspecified atom stereocenters. The fourth-order valence-electron chi connectivity index (χ4n) is 1.52. The van der Waals surface area contributed by atoms with Crippen molar-refractivity contribution in [3.8, 4) is 0 Å². The predicted molar refractivity (Wildman–Crippen MR) is 35.8 cm³/mol. The summed E-state index contributed by atoms with van der Waals surface area (Å²) in [4.78, 5) is 0. The van der Waals surface area contributed by atoms with Crippen LogP contribution in [0.4, 0.5) is 0 Å². The molecule has 2 fully saturated rings. The van der Waals surface area contributed by atoms with E-state index in [2.05, 4.69) is 0 Å². The van der Waals surface area contributed by atoms with Gasteiger partial charge in [0.05, 0.1) is 6.61 Å². The molecule has 3 atom stereocenters. The van der Waals surface area contributed by atoms with Crippen molar-refractivity contribution in [1.82, 2.24) is 0 Å². The van der Waals surface area contributed by atoms with Gasteiger partial charge in [-0.1, -0.05) is 0 Å². The first kappa shape index (κ1) is 7.49. The first-order valence-electron chi connectivity index (χ1n) is 3.74. The third-order valence-electron chi connectivity index (χ3n) is 1.93. The van der Waals surface area contributed by atoms with Crippen LogP contribution in [-0.2, 0) is 14.2 Å². The predicted octanol–water partition coefficient (Wildman–Crippen LogP) is -0.145. The second-order valence-corrected chi connectivity index (χ2v) is 3.36. The van der Waals surface area contributed by atoms with Gasteiger partial charge in [0.2, 0.25) is 0 Å². The summed E-state index contributed by atoms with van der Waals surface area (Å²) in [5, 5.41) is 9.20. The van der Waals surface area contributed by atoms with Gasteiger partial charge in [-0.05, 0) is 13.8 Å². The van der Waals surface area contributed by atoms with Crippen molar-refractivity contribution in [3.05, 3.63) is 0 Å². The minimum Gasteiger partial charge on any atom is -0.366 e. The molecule has 2 rings (SSSR count). The average molecular weight is 160 g/mol. The zero-order valence-electron chi connectivity index (χ0n) is 6.61. The summed E-state index contributed by atoms with van der Waals surface area (Å²) in [6.45, 7) is 4.09. The van der Waals surface area contributed by atoms with Gasteiger partial charge in [0.25, 0.3) is 0 Å². The smallest absolute Gasteiger partial charge is 0.184 e. The van der Waals surface area contributed by atoms with Gasteiger partial charge in [-0.3, -0.25) is 0 Å². The Bertz CT molecular complexity index is 168. The van der Waals surface area contributed by atoms with Crippen LogP contribution < -0.4 is 0 Å². The monoisotopic (exact) mass is 160 g/mol. The highest BCUT2D eigenvalue weighted by Gasteiger charge is 2.49. The van der Waals surface area contributed by atoms with E-state index in [1.807, 2.05) is 13.8 Å². The molecule has 2 saturated heterocycles. The van der Waals surface area contributed by atoms with Crippen molar-refractivity contribution in [3.63, 3.8) is 0 Å². The molecule has 0 amide bonds. The maximum atomic E-state index is 9.20. The van der Waals surface area contributed by atoms with Gasteiger partial charge in [0.15, 0.2) is 12.1 Å². The van der Waals surface area contributed by atoms with Crippen LogP contribution in [0, 0.1) is 0 Å². The van der Waals surface area contributed by atoms with Crippen LogP contribution >= 0.6 is 0 Å². The Hall–Kier alpha value is -0.160. The Kier molecular flexibility index (Phi) is 1.47. The lowest BCUT2D eigenvalue weighted by molar-refractivity contribution is -0.205. The molecule has 0 aromatic carbocycles. The molecule has 0 aromatic rings. The first-order chi connectivity index (χ1) is 5.08. The number of hydrogen-bond acceptors (Lipinski definition) is 4. The molecular weight excluding hydrogens is 148 g/mol. The minimum absolute atomic E-state index is 0.0972. The summed E-state index contributed by atoms with van der Waals surface area (Å²) in [6.07, 6.45) is -1.22. The quantitative estimate of drug-likeness (QED) is 0.535. The van der Waals surface area contributed by atoms with Crippen LogP contribution in [0.2, 0.25) is 0 Å². The van der Waals surface area contributed by atoms with Crippen LogP contribution in [0.1, 0.15) is 13.8 Å². The van der Waals surface area contributed by atoms with Crippen LogP contribution in [0.3, 0.4) is 0 Å². The second kappa shape index (κ2) is 2.17. The Labute approximate surface area is 65.1 Å². The van der Waals surface area contributed by atoms with Crippen LogP contribution in [0.25, 0.3) is 0 Å². The normalized spacial score (nSPS) is 47.7.